The number of carbonyl (C=O) groups is 1. The molecule has 0 spiro atoms. The number of carboxylic acid groups (broad SMARTS) is 1. The van der Waals surface area contributed by atoms with Crippen molar-refractivity contribution in [2.75, 3.05) is 5.32 Å². The van der Waals surface area contributed by atoms with E-state index >= 15 is 0 Å². The Morgan fingerprint density at radius 3 is 2.74 bits per heavy atom. The van der Waals surface area contributed by atoms with Gasteiger partial charge in [-0.25, -0.2) is 14.8 Å². The summed E-state index contributed by atoms with van der Waals surface area (Å²) in [5.41, 5.74) is 5.64. The van der Waals surface area contributed by atoms with Crippen molar-refractivity contribution < 1.29 is 9.90 Å². The molecule has 27 heavy (non-hydrogen) atoms. The summed E-state index contributed by atoms with van der Waals surface area (Å²) in [5, 5.41) is 12.6. The molecule has 0 saturated heterocycles. The Bertz CT molecular complexity index is 1160. The second-order valence-electron chi connectivity index (χ2n) is 6.46. The molecule has 4 aromatic rings. The Balaban J connectivity index is 1.84. The van der Waals surface area contributed by atoms with E-state index in [0.717, 1.165) is 27.8 Å². The van der Waals surface area contributed by atoms with Gasteiger partial charge >= 0.3 is 5.97 Å². The van der Waals surface area contributed by atoms with Crippen LogP contribution >= 0.6 is 0 Å². The number of anilines is 2. The third-order valence-electron chi connectivity index (χ3n) is 4.42. The number of fused-ring (bicyclic) bond motifs is 1. The van der Waals surface area contributed by atoms with Gasteiger partial charge in [-0.3, -0.25) is 0 Å². The molecule has 6 heteroatoms. The number of H-pyrrole nitrogens is 1. The number of aromatic nitrogens is 3. The summed E-state index contributed by atoms with van der Waals surface area (Å²) >= 11 is 0. The van der Waals surface area contributed by atoms with Gasteiger partial charge in [0, 0.05) is 17.4 Å². The predicted molar refractivity (Wildman–Crippen MR) is 105 cm³/mol. The van der Waals surface area contributed by atoms with E-state index in [-0.39, 0.29) is 5.56 Å². The Hall–Kier alpha value is -3.67. The fraction of sp³-hybridized carbons (Fsp3) is 0.0952. The molecule has 2 aromatic carbocycles. The van der Waals surface area contributed by atoms with E-state index in [1.165, 1.54) is 0 Å². The zero-order chi connectivity index (χ0) is 19.0. The normalized spacial score (nSPS) is 10.9. The highest BCUT2D eigenvalue weighted by Gasteiger charge is 2.13. The van der Waals surface area contributed by atoms with Crippen molar-refractivity contribution >= 4 is 28.5 Å². The number of hydrogen-bond donors (Lipinski definition) is 3. The van der Waals surface area contributed by atoms with E-state index in [0.29, 0.717) is 17.2 Å². The summed E-state index contributed by atoms with van der Waals surface area (Å²) in [6, 6.07) is 14.7. The molecule has 4 rings (SSSR count). The Morgan fingerprint density at radius 1 is 1.07 bits per heavy atom. The first kappa shape index (κ1) is 16.8. The molecule has 0 amide bonds. The SMILES string of the molecule is Cc1ccc(C)c(Nc2nc(-c3cccc(C(=O)O)c3)nc3cc[nH]c23)c1. The average Bonchev–Trinajstić information content (AvgIpc) is 3.13. The van der Waals surface area contributed by atoms with Gasteiger partial charge in [0.05, 0.1) is 11.1 Å². The largest absolute Gasteiger partial charge is 0.478 e. The number of rotatable bonds is 4. The Morgan fingerprint density at radius 2 is 1.93 bits per heavy atom. The highest BCUT2D eigenvalue weighted by molar-refractivity contribution is 5.91. The lowest BCUT2D eigenvalue weighted by Crippen LogP contribution is -2.01. The molecule has 2 aromatic heterocycles. The first-order valence-electron chi connectivity index (χ1n) is 8.54. The van der Waals surface area contributed by atoms with Gasteiger partial charge in [-0.05, 0) is 49.2 Å². The van der Waals surface area contributed by atoms with Crippen LogP contribution in [0.1, 0.15) is 21.5 Å². The lowest BCUT2D eigenvalue weighted by molar-refractivity contribution is 0.0697. The number of aromatic carboxylic acids is 1. The van der Waals surface area contributed by atoms with Crippen LogP contribution < -0.4 is 5.32 Å². The molecule has 0 bridgehead atoms. The first-order valence-corrected chi connectivity index (χ1v) is 8.54. The van der Waals surface area contributed by atoms with Crippen molar-refractivity contribution in [1.82, 2.24) is 15.0 Å². The summed E-state index contributed by atoms with van der Waals surface area (Å²) in [4.78, 5) is 23.7. The summed E-state index contributed by atoms with van der Waals surface area (Å²) in [6.45, 7) is 4.07. The zero-order valence-corrected chi connectivity index (χ0v) is 14.9. The number of aryl methyl sites for hydroxylation is 2. The van der Waals surface area contributed by atoms with Crippen molar-refractivity contribution in [3.8, 4) is 11.4 Å². The molecule has 0 saturated carbocycles. The first-order chi connectivity index (χ1) is 13.0. The molecular formula is C21H18N4O2. The van der Waals surface area contributed by atoms with Crippen LogP contribution in [0, 0.1) is 13.8 Å². The van der Waals surface area contributed by atoms with Gasteiger partial charge in [0.2, 0.25) is 0 Å². The number of benzene rings is 2. The van der Waals surface area contributed by atoms with E-state index in [1.54, 1.807) is 18.2 Å². The highest BCUT2D eigenvalue weighted by Crippen LogP contribution is 2.28. The lowest BCUT2D eigenvalue weighted by atomic mass is 10.1. The molecule has 0 unspecified atom stereocenters. The van der Waals surface area contributed by atoms with Crippen molar-refractivity contribution in [3.05, 3.63) is 71.4 Å². The Kier molecular flexibility index (Phi) is 4.08. The summed E-state index contributed by atoms with van der Waals surface area (Å²) in [7, 11) is 0. The third kappa shape index (κ3) is 3.25. The Labute approximate surface area is 155 Å². The lowest BCUT2D eigenvalue weighted by Gasteiger charge is -2.12. The van der Waals surface area contributed by atoms with E-state index in [9.17, 15) is 9.90 Å². The van der Waals surface area contributed by atoms with E-state index in [2.05, 4.69) is 38.5 Å². The van der Waals surface area contributed by atoms with Crippen LogP contribution in [-0.2, 0) is 0 Å². The number of aromatic amines is 1. The van der Waals surface area contributed by atoms with Crippen LogP contribution in [0.15, 0.2) is 54.7 Å². The van der Waals surface area contributed by atoms with Gasteiger partial charge in [-0.15, -0.1) is 0 Å². The fourth-order valence-corrected chi connectivity index (χ4v) is 2.95. The summed E-state index contributed by atoms with van der Waals surface area (Å²) < 4.78 is 0. The summed E-state index contributed by atoms with van der Waals surface area (Å²) in [5.74, 6) is 0.140. The maximum atomic E-state index is 11.3. The molecule has 0 aliphatic rings. The number of carboxylic acids is 1. The smallest absolute Gasteiger partial charge is 0.335 e. The average molecular weight is 358 g/mol. The minimum atomic E-state index is -0.978. The molecule has 0 fully saturated rings. The van der Waals surface area contributed by atoms with Gasteiger partial charge in [0.25, 0.3) is 0 Å². The highest BCUT2D eigenvalue weighted by atomic mass is 16.4. The van der Waals surface area contributed by atoms with E-state index in [1.807, 2.05) is 32.2 Å². The van der Waals surface area contributed by atoms with Crippen LogP contribution in [0.25, 0.3) is 22.4 Å². The molecule has 0 radical (unpaired) electrons. The van der Waals surface area contributed by atoms with Gasteiger partial charge in [0.15, 0.2) is 11.6 Å². The van der Waals surface area contributed by atoms with Crippen LogP contribution in [-0.4, -0.2) is 26.0 Å². The third-order valence-corrected chi connectivity index (χ3v) is 4.42. The predicted octanol–water partition coefficient (Wildman–Crippen LogP) is 4.68. The zero-order valence-electron chi connectivity index (χ0n) is 14.9. The maximum absolute atomic E-state index is 11.3. The van der Waals surface area contributed by atoms with E-state index < -0.39 is 5.97 Å². The standard InChI is InChI=1S/C21H18N4O2/c1-12-6-7-13(2)17(10-12)24-20-18-16(8-9-22-18)23-19(25-20)14-4-3-5-15(11-14)21(26)27/h3-11,22H,1-2H3,(H,26,27)(H,23,24,25). The molecule has 6 nitrogen and oxygen atoms in total. The van der Waals surface area contributed by atoms with Crippen molar-refractivity contribution in [3.63, 3.8) is 0 Å². The quantitative estimate of drug-likeness (QED) is 0.492. The number of nitrogens with zero attached hydrogens (tertiary/aromatic N) is 2. The van der Waals surface area contributed by atoms with E-state index in [4.69, 9.17) is 0 Å². The minimum Gasteiger partial charge on any atom is -0.478 e. The molecule has 0 aliphatic heterocycles. The molecule has 0 aliphatic carbocycles. The van der Waals surface area contributed by atoms with Gasteiger partial charge in [-0.1, -0.05) is 24.3 Å². The van der Waals surface area contributed by atoms with Crippen LogP contribution in [0.5, 0.6) is 0 Å². The van der Waals surface area contributed by atoms with Crippen molar-refractivity contribution in [2.24, 2.45) is 0 Å². The van der Waals surface area contributed by atoms with Crippen LogP contribution in [0.4, 0.5) is 11.5 Å². The van der Waals surface area contributed by atoms with Gasteiger partial charge in [-0.2, -0.15) is 0 Å². The second-order valence-corrected chi connectivity index (χ2v) is 6.46. The second kappa shape index (κ2) is 6.57. The monoisotopic (exact) mass is 358 g/mol. The maximum Gasteiger partial charge on any atom is 0.335 e. The van der Waals surface area contributed by atoms with Crippen LogP contribution in [0.3, 0.4) is 0 Å². The topological polar surface area (TPSA) is 90.9 Å². The van der Waals surface area contributed by atoms with Crippen molar-refractivity contribution in [1.29, 1.82) is 0 Å². The molecule has 134 valence electrons. The molecule has 2 heterocycles. The molecule has 0 atom stereocenters. The fourth-order valence-electron chi connectivity index (χ4n) is 2.95. The molecular weight excluding hydrogens is 340 g/mol. The van der Waals surface area contributed by atoms with Crippen molar-refractivity contribution in [2.45, 2.75) is 13.8 Å². The number of hydrogen-bond acceptors (Lipinski definition) is 4. The van der Waals surface area contributed by atoms with Gasteiger partial charge < -0.3 is 15.4 Å². The molecule has 3 N–H and O–H groups in total. The minimum absolute atomic E-state index is 0.203. The van der Waals surface area contributed by atoms with Crippen LogP contribution in [0.2, 0.25) is 0 Å². The summed E-state index contributed by atoms with van der Waals surface area (Å²) in [6.07, 6.45) is 1.81. The van der Waals surface area contributed by atoms with Gasteiger partial charge in [0.1, 0.15) is 5.52 Å². The number of nitrogens with one attached hydrogen (secondary N) is 2.